The molecule has 2 heterocycles. The fourth-order valence-corrected chi connectivity index (χ4v) is 2.54. The lowest BCUT2D eigenvalue weighted by molar-refractivity contribution is -0.121. The van der Waals surface area contributed by atoms with Crippen molar-refractivity contribution in [2.75, 3.05) is 6.61 Å². The van der Waals surface area contributed by atoms with Gasteiger partial charge in [-0.3, -0.25) is 4.79 Å². The molecular weight excluding hydrogens is 254 g/mol. The molecule has 0 bridgehead atoms. The van der Waals surface area contributed by atoms with E-state index in [1.54, 1.807) is 0 Å². The fraction of sp³-hybridized carbons (Fsp3) is 0.400. The number of para-hydroxylation sites is 2. The van der Waals surface area contributed by atoms with Gasteiger partial charge in [0.15, 0.2) is 11.7 Å². The van der Waals surface area contributed by atoms with Crippen LogP contribution in [0.5, 0.6) is 0 Å². The Morgan fingerprint density at radius 2 is 2.40 bits per heavy atom. The number of ether oxygens (including phenoxy) is 1. The molecule has 3 rings (SSSR count). The molecule has 0 radical (unpaired) electrons. The van der Waals surface area contributed by atoms with Gasteiger partial charge in [0.05, 0.1) is 23.2 Å². The first-order valence-corrected chi connectivity index (χ1v) is 6.76. The summed E-state index contributed by atoms with van der Waals surface area (Å²) >= 11 is 0. The Labute approximate surface area is 116 Å². The lowest BCUT2D eigenvalue weighted by atomic mass is 9.99. The van der Waals surface area contributed by atoms with Crippen molar-refractivity contribution in [1.82, 2.24) is 9.97 Å². The Balaban J connectivity index is 1.81. The Bertz CT molecular complexity index is 632. The average Bonchev–Trinajstić information content (AvgIpc) is 3.08. The summed E-state index contributed by atoms with van der Waals surface area (Å²) in [4.78, 5) is 19.6. The van der Waals surface area contributed by atoms with Crippen LogP contribution in [0.25, 0.3) is 11.0 Å². The molecule has 0 saturated carbocycles. The van der Waals surface area contributed by atoms with Crippen molar-refractivity contribution in [3.63, 3.8) is 0 Å². The number of ketones is 1. The number of aromatic nitrogens is 2. The summed E-state index contributed by atoms with van der Waals surface area (Å²) in [6.45, 7) is 0.708. The van der Waals surface area contributed by atoms with Crippen LogP contribution in [0.1, 0.15) is 31.0 Å². The number of aromatic amines is 1. The van der Waals surface area contributed by atoms with Crippen molar-refractivity contribution in [2.24, 2.45) is 0 Å². The maximum atomic E-state index is 12.2. The van der Waals surface area contributed by atoms with E-state index >= 15 is 0 Å². The highest BCUT2D eigenvalue weighted by molar-refractivity contribution is 5.89. The van der Waals surface area contributed by atoms with Crippen LogP contribution in [-0.4, -0.2) is 28.5 Å². The molecule has 1 aromatic carbocycles. The van der Waals surface area contributed by atoms with Gasteiger partial charge in [-0.25, -0.2) is 4.98 Å². The van der Waals surface area contributed by atoms with Crippen LogP contribution < -0.4 is 0 Å². The SMILES string of the molecule is N#CC(C(=O)CC1CCCO1)c1nc2ccccc2[nH]1. The van der Waals surface area contributed by atoms with Crippen LogP contribution in [0.3, 0.4) is 0 Å². The number of carbonyl (C=O) groups is 1. The largest absolute Gasteiger partial charge is 0.378 e. The Morgan fingerprint density at radius 1 is 1.55 bits per heavy atom. The number of nitrogens with one attached hydrogen (secondary N) is 1. The van der Waals surface area contributed by atoms with E-state index in [4.69, 9.17) is 4.74 Å². The monoisotopic (exact) mass is 269 g/mol. The third kappa shape index (κ3) is 2.43. The number of Topliss-reactive ketones (excluding diaryl/α,β-unsaturated/α-hetero) is 1. The third-order valence-electron chi connectivity index (χ3n) is 3.59. The predicted molar refractivity (Wildman–Crippen MR) is 73.0 cm³/mol. The molecule has 1 saturated heterocycles. The first-order chi connectivity index (χ1) is 9.78. The molecule has 2 aromatic rings. The van der Waals surface area contributed by atoms with Gasteiger partial charge < -0.3 is 9.72 Å². The molecule has 1 fully saturated rings. The van der Waals surface area contributed by atoms with Crippen LogP contribution >= 0.6 is 0 Å². The summed E-state index contributed by atoms with van der Waals surface area (Å²) in [5.41, 5.74) is 1.61. The molecule has 0 spiro atoms. The van der Waals surface area contributed by atoms with Crippen molar-refractivity contribution in [2.45, 2.75) is 31.3 Å². The summed E-state index contributed by atoms with van der Waals surface area (Å²) in [6.07, 6.45) is 2.13. The molecule has 0 amide bonds. The van der Waals surface area contributed by atoms with Crippen LogP contribution in [0.2, 0.25) is 0 Å². The first-order valence-electron chi connectivity index (χ1n) is 6.76. The minimum atomic E-state index is -0.841. The number of imidazole rings is 1. The molecule has 20 heavy (non-hydrogen) atoms. The number of benzene rings is 1. The smallest absolute Gasteiger partial charge is 0.162 e. The van der Waals surface area contributed by atoms with Crippen molar-refractivity contribution < 1.29 is 9.53 Å². The van der Waals surface area contributed by atoms with Gasteiger partial charge in [-0.1, -0.05) is 12.1 Å². The van der Waals surface area contributed by atoms with E-state index in [1.807, 2.05) is 24.3 Å². The molecule has 1 N–H and O–H groups in total. The zero-order valence-electron chi connectivity index (χ0n) is 11.0. The Morgan fingerprint density at radius 3 is 3.10 bits per heavy atom. The average molecular weight is 269 g/mol. The highest BCUT2D eigenvalue weighted by atomic mass is 16.5. The molecule has 102 valence electrons. The third-order valence-corrected chi connectivity index (χ3v) is 3.59. The molecule has 1 aromatic heterocycles. The zero-order valence-corrected chi connectivity index (χ0v) is 11.0. The van der Waals surface area contributed by atoms with Crippen LogP contribution in [0.4, 0.5) is 0 Å². The summed E-state index contributed by atoms with van der Waals surface area (Å²) < 4.78 is 5.45. The van der Waals surface area contributed by atoms with Gasteiger partial charge in [0, 0.05) is 13.0 Å². The second-order valence-electron chi connectivity index (χ2n) is 5.01. The van der Waals surface area contributed by atoms with E-state index in [-0.39, 0.29) is 18.3 Å². The van der Waals surface area contributed by atoms with E-state index in [9.17, 15) is 10.1 Å². The highest BCUT2D eigenvalue weighted by Crippen LogP contribution is 2.23. The van der Waals surface area contributed by atoms with E-state index in [2.05, 4.69) is 16.0 Å². The standard InChI is InChI=1S/C15H15N3O2/c16-9-11(14(19)8-10-4-3-7-20-10)15-17-12-5-1-2-6-13(12)18-15/h1-2,5-6,10-11H,3-4,7-8H2,(H,17,18). The van der Waals surface area contributed by atoms with Gasteiger partial charge in [-0.2, -0.15) is 5.26 Å². The van der Waals surface area contributed by atoms with Gasteiger partial charge in [0.25, 0.3) is 0 Å². The van der Waals surface area contributed by atoms with Crippen molar-refractivity contribution in [1.29, 1.82) is 5.26 Å². The van der Waals surface area contributed by atoms with E-state index in [1.165, 1.54) is 0 Å². The molecule has 1 aliphatic rings. The number of carbonyl (C=O) groups excluding carboxylic acids is 1. The lowest BCUT2D eigenvalue weighted by Crippen LogP contribution is -2.19. The van der Waals surface area contributed by atoms with E-state index in [0.29, 0.717) is 12.4 Å². The highest BCUT2D eigenvalue weighted by Gasteiger charge is 2.28. The number of nitrogens with zero attached hydrogens (tertiary/aromatic N) is 2. The van der Waals surface area contributed by atoms with Gasteiger partial charge in [0.1, 0.15) is 5.82 Å². The minimum absolute atomic E-state index is 0.0391. The van der Waals surface area contributed by atoms with Gasteiger partial charge >= 0.3 is 0 Å². The van der Waals surface area contributed by atoms with Crippen molar-refractivity contribution >= 4 is 16.8 Å². The fourth-order valence-electron chi connectivity index (χ4n) is 2.54. The van der Waals surface area contributed by atoms with E-state index < -0.39 is 5.92 Å². The number of hydrogen-bond donors (Lipinski definition) is 1. The quantitative estimate of drug-likeness (QED) is 0.923. The van der Waals surface area contributed by atoms with Gasteiger partial charge in [0.2, 0.25) is 0 Å². The molecule has 2 unspecified atom stereocenters. The lowest BCUT2D eigenvalue weighted by Gasteiger charge is -2.10. The van der Waals surface area contributed by atoms with Crippen LogP contribution in [-0.2, 0) is 9.53 Å². The Kier molecular flexibility index (Phi) is 3.48. The van der Waals surface area contributed by atoms with E-state index in [0.717, 1.165) is 23.9 Å². The van der Waals surface area contributed by atoms with Gasteiger partial charge in [-0.15, -0.1) is 0 Å². The summed E-state index contributed by atoms with van der Waals surface area (Å²) in [5.74, 6) is -0.540. The Hall–Kier alpha value is -2.19. The second kappa shape index (κ2) is 5.43. The number of rotatable bonds is 4. The molecule has 0 aliphatic carbocycles. The van der Waals surface area contributed by atoms with Crippen molar-refractivity contribution in [3.8, 4) is 6.07 Å². The predicted octanol–water partition coefficient (Wildman–Crippen LogP) is 2.31. The molecule has 5 heteroatoms. The minimum Gasteiger partial charge on any atom is -0.378 e. The normalized spacial score (nSPS) is 19.9. The second-order valence-corrected chi connectivity index (χ2v) is 5.01. The molecule has 2 atom stereocenters. The summed E-state index contributed by atoms with van der Waals surface area (Å²) in [5, 5.41) is 9.28. The zero-order chi connectivity index (χ0) is 13.9. The van der Waals surface area contributed by atoms with Crippen LogP contribution in [0.15, 0.2) is 24.3 Å². The molecular formula is C15H15N3O2. The maximum absolute atomic E-state index is 12.2. The van der Waals surface area contributed by atoms with Gasteiger partial charge in [-0.05, 0) is 25.0 Å². The summed E-state index contributed by atoms with van der Waals surface area (Å²) in [6, 6.07) is 9.56. The maximum Gasteiger partial charge on any atom is 0.162 e. The van der Waals surface area contributed by atoms with Crippen molar-refractivity contribution in [3.05, 3.63) is 30.1 Å². The first kappa shape index (κ1) is 12.8. The number of H-pyrrole nitrogens is 1. The number of nitriles is 1. The molecule has 1 aliphatic heterocycles. The molecule has 5 nitrogen and oxygen atoms in total. The van der Waals surface area contributed by atoms with Crippen LogP contribution in [0, 0.1) is 11.3 Å². The topological polar surface area (TPSA) is 78.8 Å². The number of fused-ring (bicyclic) bond motifs is 1. The number of hydrogen-bond acceptors (Lipinski definition) is 4. The summed E-state index contributed by atoms with van der Waals surface area (Å²) in [7, 11) is 0.